The quantitative estimate of drug-likeness (QED) is 0.552. The summed E-state index contributed by atoms with van der Waals surface area (Å²) >= 11 is 0. The summed E-state index contributed by atoms with van der Waals surface area (Å²) in [5, 5.41) is 9.12. The van der Waals surface area contributed by atoms with Crippen molar-refractivity contribution in [3.63, 3.8) is 0 Å². The molecule has 0 heterocycles. The predicted octanol–water partition coefficient (Wildman–Crippen LogP) is 1.97. The number of aliphatic hydroxyl groups is 1. The molecule has 0 aromatic heterocycles. The first kappa shape index (κ1) is 7.80. The number of rotatable bonds is 1. The van der Waals surface area contributed by atoms with E-state index in [1.54, 1.807) is 0 Å². The van der Waals surface area contributed by atoms with E-state index in [2.05, 4.69) is 19.9 Å². The van der Waals surface area contributed by atoms with Crippen molar-refractivity contribution in [1.82, 2.24) is 0 Å². The van der Waals surface area contributed by atoms with Crippen molar-refractivity contribution in [2.75, 3.05) is 0 Å². The van der Waals surface area contributed by atoms with E-state index in [0.717, 1.165) is 18.8 Å². The fourth-order valence-corrected chi connectivity index (χ4v) is 1.38. The van der Waals surface area contributed by atoms with E-state index in [9.17, 15) is 0 Å². The Kier molecular flexibility index (Phi) is 2.50. The second kappa shape index (κ2) is 3.20. The number of hydrogen-bond donors (Lipinski definition) is 1. The van der Waals surface area contributed by atoms with Gasteiger partial charge in [-0.2, -0.15) is 0 Å². The van der Waals surface area contributed by atoms with E-state index in [1.165, 1.54) is 0 Å². The molecule has 0 bridgehead atoms. The highest BCUT2D eigenvalue weighted by Crippen LogP contribution is 2.23. The Morgan fingerprint density at radius 2 is 2.00 bits per heavy atom. The van der Waals surface area contributed by atoms with Gasteiger partial charge < -0.3 is 5.11 Å². The summed E-state index contributed by atoms with van der Waals surface area (Å²) in [5.41, 5.74) is 0. The molecule has 1 N–H and O–H groups in total. The molecule has 58 valence electrons. The Balaban J connectivity index is 2.45. The lowest BCUT2D eigenvalue weighted by Crippen LogP contribution is -2.15. The van der Waals surface area contributed by atoms with Gasteiger partial charge >= 0.3 is 0 Å². The van der Waals surface area contributed by atoms with E-state index < -0.39 is 0 Å². The Labute approximate surface area is 62.8 Å². The van der Waals surface area contributed by atoms with Crippen LogP contribution in [-0.2, 0) is 0 Å². The van der Waals surface area contributed by atoms with Gasteiger partial charge in [-0.3, -0.25) is 0 Å². The minimum absolute atomic E-state index is 0.171. The maximum Gasteiger partial charge on any atom is 0.0721 e. The van der Waals surface area contributed by atoms with Crippen molar-refractivity contribution in [3.05, 3.63) is 12.2 Å². The monoisotopic (exact) mass is 140 g/mol. The van der Waals surface area contributed by atoms with Gasteiger partial charge in [0.2, 0.25) is 0 Å². The van der Waals surface area contributed by atoms with E-state index >= 15 is 0 Å². The highest BCUT2D eigenvalue weighted by Gasteiger charge is 2.15. The summed E-state index contributed by atoms with van der Waals surface area (Å²) in [6.07, 6.45) is 6.00. The molecule has 1 aliphatic rings. The lowest BCUT2D eigenvalue weighted by Gasteiger charge is -2.22. The number of hydrogen-bond acceptors (Lipinski definition) is 1. The lowest BCUT2D eigenvalue weighted by atomic mass is 9.86. The molecule has 1 aliphatic carbocycles. The van der Waals surface area contributed by atoms with E-state index in [1.807, 2.05) is 6.08 Å². The van der Waals surface area contributed by atoms with Gasteiger partial charge in [-0.15, -0.1) is 0 Å². The van der Waals surface area contributed by atoms with Crippen LogP contribution in [0.25, 0.3) is 0 Å². The molecule has 0 saturated carbocycles. The van der Waals surface area contributed by atoms with Gasteiger partial charge in [0, 0.05) is 0 Å². The summed E-state index contributed by atoms with van der Waals surface area (Å²) in [6.45, 7) is 4.46. The van der Waals surface area contributed by atoms with Gasteiger partial charge in [-0.25, -0.2) is 0 Å². The van der Waals surface area contributed by atoms with Gasteiger partial charge in [-0.1, -0.05) is 26.0 Å². The molecule has 0 spiro atoms. The van der Waals surface area contributed by atoms with E-state index in [0.29, 0.717) is 5.92 Å². The summed E-state index contributed by atoms with van der Waals surface area (Å²) < 4.78 is 0. The molecule has 1 rings (SSSR count). The molecule has 10 heavy (non-hydrogen) atoms. The van der Waals surface area contributed by atoms with Crippen LogP contribution in [0.1, 0.15) is 26.7 Å². The Morgan fingerprint density at radius 1 is 1.30 bits per heavy atom. The van der Waals surface area contributed by atoms with Crippen LogP contribution in [0.3, 0.4) is 0 Å². The number of aliphatic hydroxyl groups excluding tert-OH is 1. The first-order chi connectivity index (χ1) is 4.70. The topological polar surface area (TPSA) is 20.2 Å². The summed E-state index contributed by atoms with van der Waals surface area (Å²) in [5.74, 6) is 1.42. The first-order valence-corrected chi connectivity index (χ1v) is 4.06. The van der Waals surface area contributed by atoms with Crippen LogP contribution in [-0.4, -0.2) is 11.2 Å². The maximum absolute atomic E-state index is 9.12. The first-order valence-electron chi connectivity index (χ1n) is 4.06. The average Bonchev–Trinajstić information content (AvgIpc) is 1.88. The molecule has 0 amide bonds. The average molecular weight is 140 g/mol. The molecule has 0 radical (unpaired) electrons. The zero-order valence-electron chi connectivity index (χ0n) is 6.75. The zero-order chi connectivity index (χ0) is 7.56. The van der Waals surface area contributed by atoms with Crippen LogP contribution < -0.4 is 0 Å². The lowest BCUT2D eigenvalue weighted by molar-refractivity contribution is 0.188. The molecule has 1 heteroatoms. The molecule has 0 saturated heterocycles. The molecule has 0 aliphatic heterocycles. The van der Waals surface area contributed by atoms with Crippen LogP contribution in [0.2, 0.25) is 0 Å². The Morgan fingerprint density at radius 3 is 2.40 bits per heavy atom. The SMILES string of the molecule is CC(C)[C@@H]1C=C[C@@H](O)CC1. The normalized spacial score (nSPS) is 33.2. The van der Waals surface area contributed by atoms with Crippen molar-refractivity contribution in [1.29, 1.82) is 0 Å². The molecule has 0 aromatic carbocycles. The third kappa shape index (κ3) is 1.84. The summed E-state index contributed by atoms with van der Waals surface area (Å²) in [6, 6.07) is 0. The zero-order valence-corrected chi connectivity index (χ0v) is 6.75. The van der Waals surface area contributed by atoms with Crippen LogP contribution in [0.4, 0.5) is 0 Å². The second-order valence-electron chi connectivity index (χ2n) is 3.44. The largest absolute Gasteiger partial charge is 0.389 e. The summed E-state index contributed by atoms with van der Waals surface area (Å²) in [4.78, 5) is 0. The minimum Gasteiger partial charge on any atom is -0.389 e. The number of allylic oxidation sites excluding steroid dienone is 1. The maximum atomic E-state index is 9.12. The fourth-order valence-electron chi connectivity index (χ4n) is 1.38. The minimum atomic E-state index is -0.171. The van der Waals surface area contributed by atoms with E-state index in [-0.39, 0.29) is 6.10 Å². The molecule has 2 atom stereocenters. The second-order valence-corrected chi connectivity index (χ2v) is 3.44. The van der Waals surface area contributed by atoms with Crippen molar-refractivity contribution in [2.24, 2.45) is 11.8 Å². The van der Waals surface area contributed by atoms with Crippen LogP contribution in [0, 0.1) is 11.8 Å². The molecular formula is C9H16O. The summed E-state index contributed by atoms with van der Waals surface area (Å²) in [7, 11) is 0. The molecular weight excluding hydrogens is 124 g/mol. The van der Waals surface area contributed by atoms with Crippen molar-refractivity contribution in [3.8, 4) is 0 Å². The molecule has 0 fully saturated rings. The van der Waals surface area contributed by atoms with Gasteiger partial charge in [0.05, 0.1) is 6.10 Å². The third-order valence-corrected chi connectivity index (χ3v) is 2.23. The van der Waals surface area contributed by atoms with Gasteiger partial charge in [-0.05, 0) is 24.7 Å². The van der Waals surface area contributed by atoms with Crippen LogP contribution >= 0.6 is 0 Å². The molecule has 1 nitrogen and oxygen atoms in total. The van der Waals surface area contributed by atoms with Gasteiger partial charge in [0.15, 0.2) is 0 Å². The van der Waals surface area contributed by atoms with Crippen LogP contribution in [0.15, 0.2) is 12.2 Å². The van der Waals surface area contributed by atoms with Crippen molar-refractivity contribution >= 4 is 0 Å². The van der Waals surface area contributed by atoms with Crippen molar-refractivity contribution < 1.29 is 5.11 Å². The standard InChI is InChI=1S/C9H16O/c1-7(2)8-3-5-9(10)6-4-8/h3,5,7-10H,4,6H2,1-2H3/t8-,9-/m1/s1. The highest BCUT2D eigenvalue weighted by molar-refractivity contribution is 4.99. The predicted molar refractivity (Wildman–Crippen MR) is 42.7 cm³/mol. The van der Waals surface area contributed by atoms with Gasteiger partial charge in [0.25, 0.3) is 0 Å². The molecule has 0 aromatic rings. The van der Waals surface area contributed by atoms with Gasteiger partial charge in [0.1, 0.15) is 0 Å². The van der Waals surface area contributed by atoms with Crippen LogP contribution in [0.5, 0.6) is 0 Å². The molecule has 0 unspecified atom stereocenters. The highest BCUT2D eigenvalue weighted by atomic mass is 16.3. The smallest absolute Gasteiger partial charge is 0.0721 e. The Bertz CT molecular complexity index is 127. The third-order valence-electron chi connectivity index (χ3n) is 2.23. The fraction of sp³-hybridized carbons (Fsp3) is 0.778. The van der Waals surface area contributed by atoms with E-state index in [4.69, 9.17) is 5.11 Å². The Hall–Kier alpha value is -0.300. The van der Waals surface area contributed by atoms with Crippen molar-refractivity contribution in [2.45, 2.75) is 32.8 Å².